The molecule has 2 aromatic heterocycles. The van der Waals surface area contributed by atoms with Gasteiger partial charge in [0.1, 0.15) is 5.82 Å². The lowest BCUT2D eigenvalue weighted by atomic mass is 10.1. The van der Waals surface area contributed by atoms with Crippen molar-refractivity contribution in [1.29, 1.82) is 0 Å². The van der Waals surface area contributed by atoms with E-state index in [1.165, 1.54) is 29.3 Å². The Labute approximate surface area is 108 Å². The molecule has 1 aliphatic rings. The minimum atomic E-state index is 0.808. The number of rotatable bonds is 2. The van der Waals surface area contributed by atoms with E-state index in [9.17, 15) is 0 Å². The summed E-state index contributed by atoms with van der Waals surface area (Å²) in [5, 5.41) is 0. The average Bonchev–Trinajstić information content (AvgIpc) is 2.90. The van der Waals surface area contributed by atoms with E-state index in [2.05, 4.69) is 55.3 Å². The molecule has 0 spiro atoms. The van der Waals surface area contributed by atoms with E-state index in [0.29, 0.717) is 0 Å². The van der Waals surface area contributed by atoms with Crippen LogP contribution in [0.2, 0.25) is 0 Å². The van der Waals surface area contributed by atoms with Gasteiger partial charge in [-0.2, -0.15) is 11.8 Å². The molecule has 1 unspecified atom stereocenters. The number of nitrogens with zero attached hydrogens (tertiary/aromatic N) is 2. The predicted octanol–water partition coefficient (Wildman–Crippen LogP) is 3.39. The van der Waals surface area contributed by atoms with Gasteiger partial charge in [0.15, 0.2) is 0 Å². The topological polar surface area (TPSA) is 17.3 Å². The van der Waals surface area contributed by atoms with Crippen LogP contribution >= 0.6 is 27.7 Å². The van der Waals surface area contributed by atoms with Gasteiger partial charge < -0.3 is 0 Å². The van der Waals surface area contributed by atoms with E-state index in [1.54, 1.807) is 0 Å². The molecular formula is C12H13BrN2S. The van der Waals surface area contributed by atoms with Gasteiger partial charge in [0.05, 0.1) is 16.3 Å². The summed E-state index contributed by atoms with van der Waals surface area (Å²) in [5.74, 6) is 4.60. The third-order valence-corrected chi connectivity index (χ3v) is 4.92. The second-order valence-corrected chi connectivity index (χ2v) is 6.18. The second kappa shape index (κ2) is 4.41. The van der Waals surface area contributed by atoms with Gasteiger partial charge in [-0.15, -0.1) is 0 Å². The van der Waals surface area contributed by atoms with Crippen LogP contribution in [-0.4, -0.2) is 20.9 Å². The van der Waals surface area contributed by atoms with Crippen molar-refractivity contribution in [2.24, 2.45) is 5.92 Å². The molecule has 3 rings (SSSR count). The Bertz CT molecular complexity index is 503. The molecule has 1 atom stereocenters. The molecule has 0 bridgehead atoms. The van der Waals surface area contributed by atoms with Crippen molar-refractivity contribution in [3.05, 3.63) is 34.8 Å². The summed E-state index contributed by atoms with van der Waals surface area (Å²) in [7, 11) is 0. The van der Waals surface area contributed by atoms with E-state index >= 15 is 0 Å². The van der Waals surface area contributed by atoms with Crippen molar-refractivity contribution in [1.82, 2.24) is 9.38 Å². The maximum atomic E-state index is 4.54. The Hall–Kier alpha value is -0.480. The molecular weight excluding hydrogens is 284 g/mol. The molecule has 4 heteroatoms. The Morgan fingerprint density at radius 2 is 2.44 bits per heavy atom. The van der Waals surface area contributed by atoms with Crippen molar-refractivity contribution in [2.45, 2.75) is 12.8 Å². The maximum absolute atomic E-state index is 4.54. The lowest BCUT2D eigenvalue weighted by molar-refractivity contribution is 0.574. The molecule has 1 aliphatic heterocycles. The highest BCUT2D eigenvalue weighted by molar-refractivity contribution is 9.10. The predicted molar refractivity (Wildman–Crippen MR) is 72.0 cm³/mol. The fraction of sp³-hybridized carbons (Fsp3) is 0.417. The summed E-state index contributed by atoms with van der Waals surface area (Å²) in [6, 6.07) is 6.22. The summed E-state index contributed by atoms with van der Waals surface area (Å²) in [6.07, 6.45) is 4.40. The van der Waals surface area contributed by atoms with Gasteiger partial charge >= 0.3 is 0 Å². The zero-order valence-electron chi connectivity index (χ0n) is 8.90. The Morgan fingerprint density at radius 1 is 1.50 bits per heavy atom. The molecule has 0 radical (unpaired) electrons. The lowest BCUT2D eigenvalue weighted by Gasteiger charge is -2.08. The zero-order chi connectivity index (χ0) is 11.0. The Kier molecular flexibility index (Phi) is 2.94. The fourth-order valence-electron chi connectivity index (χ4n) is 2.22. The molecule has 0 aliphatic carbocycles. The van der Waals surface area contributed by atoms with Crippen molar-refractivity contribution >= 4 is 33.2 Å². The van der Waals surface area contributed by atoms with Gasteiger partial charge in [0, 0.05) is 6.42 Å². The standard InChI is InChI=1S/C12H13BrN2S/c13-11-3-1-2-10-7-14-12(15(10)11)6-9-4-5-16-8-9/h1-3,7,9H,4-6,8H2. The van der Waals surface area contributed by atoms with Crippen LogP contribution in [0, 0.1) is 5.92 Å². The van der Waals surface area contributed by atoms with Crippen molar-refractivity contribution < 1.29 is 0 Å². The molecule has 2 aromatic rings. The summed E-state index contributed by atoms with van der Waals surface area (Å²) in [6.45, 7) is 0. The number of aromatic nitrogens is 2. The molecule has 1 fully saturated rings. The Balaban J connectivity index is 1.97. The lowest BCUT2D eigenvalue weighted by Crippen LogP contribution is -2.06. The number of imidazole rings is 1. The molecule has 0 amide bonds. The van der Waals surface area contributed by atoms with Crippen LogP contribution in [0.4, 0.5) is 0 Å². The van der Waals surface area contributed by atoms with E-state index < -0.39 is 0 Å². The molecule has 16 heavy (non-hydrogen) atoms. The first kappa shape index (κ1) is 10.7. The third kappa shape index (κ3) is 1.89. The van der Waals surface area contributed by atoms with Gasteiger partial charge in [0.25, 0.3) is 0 Å². The van der Waals surface area contributed by atoms with Crippen molar-refractivity contribution in [3.63, 3.8) is 0 Å². The van der Waals surface area contributed by atoms with Gasteiger partial charge in [0.2, 0.25) is 0 Å². The molecule has 0 aromatic carbocycles. The highest BCUT2D eigenvalue weighted by atomic mass is 79.9. The largest absolute Gasteiger partial charge is 0.291 e. The maximum Gasteiger partial charge on any atom is 0.114 e. The molecule has 1 saturated heterocycles. The quantitative estimate of drug-likeness (QED) is 0.791. The SMILES string of the molecule is Brc1cccc2cnc(CC3CCSC3)n12. The molecule has 2 nitrogen and oxygen atoms in total. The molecule has 3 heterocycles. The van der Waals surface area contributed by atoms with Crippen molar-refractivity contribution in [2.75, 3.05) is 11.5 Å². The first-order valence-electron chi connectivity index (χ1n) is 5.53. The minimum absolute atomic E-state index is 0.808. The Morgan fingerprint density at radius 3 is 3.25 bits per heavy atom. The number of pyridine rings is 1. The monoisotopic (exact) mass is 296 g/mol. The fourth-order valence-corrected chi connectivity index (χ4v) is 4.06. The van der Waals surface area contributed by atoms with Gasteiger partial charge in [-0.25, -0.2) is 4.98 Å². The van der Waals surface area contributed by atoms with Crippen LogP contribution in [0.5, 0.6) is 0 Å². The molecule has 0 saturated carbocycles. The van der Waals surface area contributed by atoms with Crippen LogP contribution in [0.15, 0.2) is 29.0 Å². The summed E-state index contributed by atoms with van der Waals surface area (Å²) < 4.78 is 3.31. The smallest absolute Gasteiger partial charge is 0.114 e. The summed E-state index contributed by atoms with van der Waals surface area (Å²) in [5.41, 5.74) is 1.18. The van der Waals surface area contributed by atoms with Crippen LogP contribution in [0.3, 0.4) is 0 Å². The molecule has 84 valence electrons. The van der Waals surface area contributed by atoms with Crippen LogP contribution in [-0.2, 0) is 6.42 Å². The summed E-state index contributed by atoms with van der Waals surface area (Å²) >= 11 is 5.66. The van der Waals surface area contributed by atoms with Gasteiger partial charge in [-0.05, 0) is 51.9 Å². The zero-order valence-corrected chi connectivity index (χ0v) is 11.3. The third-order valence-electron chi connectivity index (χ3n) is 3.07. The number of hydrogen-bond donors (Lipinski definition) is 0. The average molecular weight is 297 g/mol. The van der Waals surface area contributed by atoms with E-state index in [-0.39, 0.29) is 0 Å². The van der Waals surface area contributed by atoms with Crippen LogP contribution in [0.1, 0.15) is 12.2 Å². The van der Waals surface area contributed by atoms with Crippen LogP contribution < -0.4 is 0 Å². The molecule has 0 N–H and O–H groups in total. The number of fused-ring (bicyclic) bond motifs is 1. The minimum Gasteiger partial charge on any atom is -0.291 e. The highest BCUT2D eigenvalue weighted by Crippen LogP contribution is 2.27. The first-order valence-corrected chi connectivity index (χ1v) is 7.48. The van der Waals surface area contributed by atoms with E-state index in [1.807, 2.05) is 6.20 Å². The summed E-state index contributed by atoms with van der Waals surface area (Å²) in [4.78, 5) is 4.54. The van der Waals surface area contributed by atoms with Gasteiger partial charge in [-0.3, -0.25) is 4.40 Å². The second-order valence-electron chi connectivity index (χ2n) is 4.22. The van der Waals surface area contributed by atoms with Crippen LogP contribution in [0.25, 0.3) is 5.52 Å². The highest BCUT2D eigenvalue weighted by Gasteiger charge is 2.18. The van der Waals surface area contributed by atoms with Crippen molar-refractivity contribution in [3.8, 4) is 0 Å². The number of halogens is 1. The first-order chi connectivity index (χ1) is 7.84. The number of thioether (sulfide) groups is 1. The van der Waals surface area contributed by atoms with E-state index in [0.717, 1.165) is 16.9 Å². The van der Waals surface area contributed by atoms with Gasteiger partial charge in [-0.1, -0.05) is 6.07 Å². The normalized spacial score (nSPS) is 20.7. The van der Waals surface area contributed by atoms with E-state index in [4.69, 9.17) is 0 Å². The number of hydrogen-bond acceptors (Lipinski definition) is 2.